The van der Waals surface area contributed by atoms with Crippen molar-refractivity contribution in [1.82, 2.24) is 0 Å². The zero-order chi connectivity index (χ0) is 33.5. The fraction of sp³-hybridized carbons (Fsp3) is 0.372. The quantitative estimate of drug-likeness (QED) is 0.184. The van der Waals surface area contributed by atoms with Crippen LogP contribution >= 0.6 is 0 Å². The van der Waals surface area contributed by atoms with Crippen molar-refractivity contribution >= 4 is 17.1 Å². The van der Waals surface area contributed by atoms with E-state index in [2.05, 4.69) is 143 Å². The third-order valence-electron chi connectivity index (χ3n) is 10.6. The van der Waals surface area contributed by atoms with Crippen LogP contribution in [0.2, 0.25) is 0 Å². The fourth-order valence-corrected chi connectivity index (χ4v) is 7.83. The molecule has 4 heteroatoms. The van der Waals surface area contributed by atoms with Crippen LogP contribution in [0.15, 0.2) is 119 Å². The molecular formula is C43H51N3O. The molecule has 0 spiro atoms. The van der Waals surface area contributed by atoms with E-state index >= 15 is 0 Å². The lowest BCUT2D eigenvalue weighted by atomic mass is 9.79. The normalized spacial score (nSPS) is 21.8. The molecule has 0 N–H and O–H groups in total. The molecule has 0 saturated carbocycles. The minimum atomic E-state index is -0.0897. The summed E-state index contributed by atoms with van der Waals surface area (Å²) in [6, 6.07) is 24.3. The molecule has 3 aromatic rings. The average Bonchev–Trinajstić information content (AvgIpc) is 3.62. The van der Waals surface area contributed by atoms with Gasteiger partial charge in [0.25, 0.3) is 0 Å². The Morgan fingerprint density at radius 2 is 1.53 bits per heavy atom. The summed E-state index contributed by atoms with van der Waals surface area (Å²) in [5.74, 6) is 0.882. The third-order valence-corrected chi connectivity index (χ3v) is 10.6. The molecule has 3 aliphatic rings. The van der Waals surface area contributed by atoms with E-state index in [1.165, 1.54) is 50.5 Å². The van der Waals surface area contributed by atoms with Gasteiger partial charge in [-0.3, -0.25) is 0 Å². The van der Waals surface area contributed by atoms with Gasteiger partial charge in [0.15, 0.2) is 5.76 Å². The Kier molecular flexibility index (Phi) is 8.82. The highest BCUT2D eigenvalue weighted by Crippen LogP contribution is 2.49. The lowest BCUT2D eigenvalue weighted by molar-refractivity contribution is 0.235. The molecule has 6 rings (SSSR count). The zero-order valence-corrected chi connectivity index (χ0v) is 29.8. The van der Waals surface area contributed by atoms with Crippen LogP contribution in [0, 0.1) is 13.8 Å². The van der Waals surface area contributed by atoms with E-state index in [4.69, 9.17) is 4.84 Å². The molecular weight excluding hydrogens is 574 g/mol. The van der Waals surface area contributed by atoms with Crippen molar-refractivity contribution in [2.45, 2.75) is 92.0 Å². The number of allylic oxidation sites excluding steroid dienone is 6. The predicted molar refractivity (Wildman–Crippen MR) is 200 cm³/mol. The number of hydrogen-bond acceptors (Lipinski definition) is 4. The van der Waals surface area contributed by atoms with Crippen LogP contribution in [0.5, 0.6) is 0 Å². The summed E-state index contributed by atoms with van der Waals surface area (Å²) < 4.78 is 0. The van der Waals surface area contributed by atoms with E-state index in [9.17, 15) is 0 Å². The van der Waals surface area contributed by atoms with E-state index in [0.717, 1.165) is 43.0 Å². The molecule has 1 atom stereocenters. The monoisotopic (exact) mass is 625 g/mol. The standard InChI is InChI=1S/C43H51N3O/c1-10-45-37-23-17-29(3)27-35(37)42(6,7)39(45)25-21-33-19-20-34(41(33)47-44-31(5)32-15-13-12-14-16-32)22-26-40-43(8,9)36-28-30(4)18-24-38(36)46(40)11-2/h12-18,21-28,39H,10-11,19-20H2,1-9H3/b25-21+,34-22+,40-26+,44-31-. The number of nitrogens with zero attached hydrogens (tertiary/aromatic N) is 3. The summed E-state index contributed by atoms with van der Waals surface area (Å²) in [6.07, 6.45) is 11.2. The van der Waals surface area contributed by atoms with Gasteiger partial charge >= 0.3 is 0 Å². The van der Waals surface area contributed by atoms with Crippen molar-refractivity contribution in [2.24, 2.45) is 5.16 Å². The van der Waals surface area contributed by atoms with E-state index in [1.807, 2.05) is 25.1 Å². The van der Waals surface area contributed by atoms with Gasteiger partial charge in [-0.25, -0.2) is 0 Å². The average molecular weight is 626 g/mol. The molecule has 47 heavy (non-hydrogen) atoms. The van der Waals surface area contributed by atoms with Crippen LogP contribution in [0.3, 0.4) is 0 Å². The van der Waals surface area contributed by atoms with Crippen LogP contribution in [0.4, 0.5) is 11.4 Å². The Morgan fingerprint density at radius 3 is 2.21 bits per heavy atom. The molecule has 2 aliphatic heterocycles. The first-order chi connectivity index (χ1) is 22.5. The highest BCUT2D eigenvalue weighted by molar-refractivity contribution is 5.98. The highest BCUT2D eigenvalue weighted by Gasteiger charge is 2.43. The predicted octanol–water partition coefficient (Wildman–Crippen LogP) is 10.5. The molecule has 0 amide bonds. The Hall–Kier alpha value is -4.31. The first kappa shape index (κ1) is 32.6. The number of fused-ring (bicyclic) bond motifs is 2. The molecule has 0 bridgehead atoms. The second kappa shape index (κ2) is 12.7. The maximum absolute atomic E-state index is 6.43. The maximum atomic E-state index is 6.43. The van der Waals surface area contributed by atoms with E-state index in [0.29, 0.717) is 0 Å². The maximum Gasteiger partial charge on any atom is 0.164 e. The van der Waals surface area contributed by atoms with E-state index < -0.39 is 0 Å². The summed E-state index contributed by atoms with van der Waals surface area (Å²) in [5, 5.41) is 4.68. The van der Waals surface area contributed by atoms with Gasteiger partial charge in [-0.15, -0.1) is 0 Å². The number of benzene rings is 3. The first-order valence-corrected chi connectivity index (χ1v) is 17.3. The van der Waals surface area contributed by atoms with Crippen LogP contribution in [-0.2, 0) is 15.7 Å². The molecule has 1 aliphatic carbocycles. The van der Waals surface area contributed by atoms with Gasteiger partial charge in [-0.2, -0.15) is 0 Å². The third kappa shape index (κ3) is 5.88. The van der Waals surface area contributed by atoms with Crippen molar-refractivity contribution < 1.29 is 4.84 Å². The minimum absolute atomic E-state index is 0.00971. The topological polar surface area (TPSA) is 28.1 Å². The summed E-state index contributed by atoms with van der Waals surface area (Å²) in [5.41, 5.74) is 13.6. The van der Waals surface area contributed by atoms with Crippen molar-refractivity contribution in [1.29, 1.82) is 0 Å². The number of hydrogen-bond donors (Lipinski definition) is 0. The Bertz CT molecular complexity index is 1820. The van der Waals surface area contributed by atoms with Gasteiger partial charge in [-0.05, 0) is 93.5 Å². The molecule has 0 saturated heterocycles. The minimum Gasteiger partial charge on any atom is -0.364 e. The second-order valence-electron chi connectivity index (χ2n) is 14.5. The Labute approximate surface area is 282 Å². The molecule has 1 unspecified atom stereocenters. The Morgan fingerprint density at radius 1 is 0.851 bits per heavy atom. The smallest absolute Gasteiger partial charge is 0.164 e. The summed E-state index contributed by atoms with van der Waals surface area (Å²) >= 11 is 0. The highest BCUT2D eigenvalue weighted by atomic mass is 16.6. The van der Waals surface area contributed by atoms with E-state index in [-0.39, 0.29) is 16.9 Å². The van der Waals surface area contributed by atoms with Crippen LogP contribution in [0.25, 0.3) is 0 Å². The fourth-order valence-electron chi connectivity index (χ4n) is 7.83. The molecule has 2 heterocycles. The van der Waals surface area contributed by atoms with E-state index in [1.54, 1.807) is 0 Å². The summed E-state index contributed by atoms with van der Waals surface area (Å²) in [6.45, 7) is 22.2. The lowest BCUT2D eigenvalue weighted by Gasteiger charge is -2.31. The van der Waals surface area contributed by atoms with Crippen LogP contribution in [0.1, 0.15) is 89.1 Å². The number of aryl methyl sites for hydroxylation is 2. The van der Waals surface area contributed by atoms with Gasteiger partial charge in [0.05, 0.1) is 11.8 Å². The molecule has 3 aromatic carbocycles. The number of rotatable bonds is 8. The van der Waals surface area contributed by atoms with Gasteiger partial charge in [-0.1, -0.05) is 117 Å². The van der Waals surface area contributed by atoms with Crippen LogP contribution in [-0.4, -0.2) is 24.8 Å². The number of oxime groups is 1. The van der Waals surface area contributed by atoms with Crippen molar-refractivity contribution in [3.63, 3.8) is 0 Å². The summed E-state index contributed by atoms with van der Waals surface area (Å²) in [7, 11) is 0. The molecule has 4 nitrogen and oxygen atoms in total. The molecule has 0 fully saturated rings. The summed E-state index contributed by atoms with van der Waals surface area (Å²) in [4.78, 5) is 11.4. The lowest BCUT2D eigenvalue weighted by Crippen LogP contribution is -2.39. The largest absolute Gasteiger partial charge is 0.364 e. The molecule has 0 radical (unpaired) electrons. The molecule has 0 aromatic heterocycles. The zero-order valence-electron chi connectivity index (χ0n) is 29.8. The van der Waals surface area contributed by atoms with Gasteiger partial charge < -0.3 is 14.6 Å². The number of likely N-dealkylation sites (N-methyl/N-ethyl adjacent to an activating group) is 2. The second-order valence-corrected chi connectivity index (χ2v) is 14.5. The van der Waals surface area contributed by atoms with Gasteiger partial charge in [0, 0.05) is 41.0 Å². The molecule has 244 valence electrons. The number of anilines is 2. The Balaban J connectivity index is 1.39. The first-order valence-electron chi connectivity index (χ1n) is 17.3. The van der Waals surface area contributed by atoms with Crippen LogP contribution < -0.4 is 9.80 Å². The van der Waals surface area contributed by atoms with Crippen molar-refractivity contribution in [2.75, 3.05) is 22.9 Å². The van der Waals surface area contributed by atoms with Gasteiger partial charge in [0.1, 0.15) is 0 Å². The van der Waals surface area contributed by atoms with Crippen molar-refractivity contribution in [3.8, 4) is 0 Å². The van der Waals surface area contributed by atoms with Gasteiger partial charge in [0.2, 0.25) is 0 Å². The van der Waals surface area contributed by atoms with Crippen molar-refractivity contribution in [3.05, 3.63) is 141 Å². The SMILES string of the molecule is CCN1/C(=C/C=C2\CCC(/C=C/C3N(CC)c4ccc(C)cc4C3(C)C)=C2O/N=C(/C)c2ccccc2)C(C)(C)c2cc(C)ccc21.